The Kier molecular flexibility index (Phi) is 12.4. The van der Waals surface area contributed by atoms with Crippen molar-refractivity contribution < 1.29 is 29.0 Å². The highest BCUT2D eigenvalue weighted by molar-refractivity contribution is 6.71. The maximum Gasteiger partial charge on any atom is 0.264 e. The number of anilines is 3. The molecule has 1 aromatic heterocycles. The van der Waals surface area contributed by atoms with Crippen LogP contribution < -0.4 is 14.7 Å². The molecule has 3 saturated heterocycles. The smallest absolute Gasteiger partial charge is 0.264 e. The molecular weight excluding hydrogens is 773 g/mol. The van der Waals surface area contributed by atoms with Gasteiger partial charge in [-0.3, -0.25) is 19.1 Å². The van der Waals surface area contributed by atoms with Gasteiger partial charge < -0.3 is 29.3 Å². The number of carbonyl (C=O) groups excluding carboxylic acids is 3. The number of aryl methyl sites for hydroxylation is 1. The minimum atomic E-state index is -2.97. The Hall–Kier alpha value is -4.69. The highest BCUT2D eigenvalue weighted by Gasteiger charge is 2.66. The maximum absolute atomic E-state index is 15.4. The molecule has 4 aliphatic rings. The highest BCUT2D eigenvalue weighted by Crippen LogP contribution is 2.60. The molecule has 4 aromatic rings. The Bertz CT molecular complexity index is 2160. The summed E-state index contributed by atoms with van der Waals surface area (Å²) in [5.41, 5.74) is 3.97. The maximum atomic E-state index is 15.4. The second-order valence-electron chi connectivity index (χ2n) is 17.9. The largest absolute Gasteiger partial charge is 0.432 e. The lowest BCUT2D eigenvalue weighted by molar-refractivity contribution is -0.146. The van der Waals surface area contributed by atoms with Crippen LogP contribution in [-0.2, 0) is 37.8 Å². The number of aliphatic hydroxyl groups is 1. The molecule has 3 aromatic carbocycles. The molecule has 318 valence electrons. The van der Waals surface area contributed by atoms with Crippen molar-refractivity contribution in [2.45, 2.75) is 127 Å². The Balaban J connectivity index is 1.12. The van der Waals surface area contributed by atoms with Gasteiger partial charge in [-0.05, 0) is 86.7 Å². The first-order chi connectivity index (χ1) is 29.0. The summed E-state index contributed by atoms with van der Waals surface area (Å²) in [6, 6.07) is 23.7. The molecule has 0 radical (unpaired) electrons. The number of hydrogen-bond acceptors (Lipinski definition) is 8. The average Bonchev–Trinajstić information content (AvgIpc) is 3.88. The highest BCUT2D eigenvalue weighted by atomic mass is 28.4. The third-order valence-corrected chi connectivity index (χ3v) is 16.0. The van der Waals surface area contributed by atoms with Crippen molar-refractivity contribution in [3.8, 4) is 0 Å². The van der Waals surface area contributed by atoms with E-state index in [0.717, 1.165) is 85.1 Å². The Morgan fingerprint density at radius 1 is 0.833 bits per heavy atom. The summed E-state index contributed by atoms with van der Waals surface area (Å²) in [4.78, 5) is 59.5. The number of nitrogens with zero attached hydrogens (tertiary/aromatic N) is 6. The van der Waals surface area contributed by atoms with E-state index in [4.69, 9.17) is 4.74 Å². The van der Waals surface area contributed by atoms with E-state index in [9.17, 15) is 19.5 Å². The second-order valence-corrected chi connectivity index (χ2v) is 21.9. The fourth-order valence-electron chi connectivity index (χ4n) is 10.4. The predicted molar refractivity (Wildman–Crippen MR) is 234 cm³/mol. The van der Waals surface area contributed by atoms with Gasteiger partial charge in [0, 0.05) is 67.1 Å². The molecule has 0 bridgehead atoms. The van der Waals surface area contributed by atoms with Crippen molar-refractivity contribution in [1.82, 2.24) is 15.0 Å². The van der Waals surface area contributed by atoms with Gasteiger partial charge in [-0.1, -0.05) is 80.3 Å². The van der Waals surface area contributed by atoms with Gasteiger partial charge in [0.05, 0.1) is 36.6 Å². The van der Waals surface area contributed by atoms with Gasteiger partial charge >= 0.3 is 0 Å². The number of amides is 3. The fourth-order valence-corrected chi connectivity index (χ4v) is 13.0. The van der Waals surface area contributed by atoms with Crippen LogP contribution in [0.2, 0.25) is 18.6 Å². The Morgan fingerprint density at radius 3 is 2.12 bits per heavy atom. The van der Waals surface area contributed by atoms with E-state index in [1.165, 1.54) is 0 Å². The van der Waals surface area contributed by atoms with E-state index in [1.54, 1.807) is 4.68 Å². The van der Waals surface area contributed by atoms with Gasteiger partial charge in [-0.25, -0.2) is 0 Å². The van der Waals surface area contributed by atoms with E-state index in [2.05, 4.69) is 10.3 Å². The van der Waals surface area contributed by atoms with Gasteiger partial charge in [0.25, 0.3) is 5.91 Å². The number of benzene rings is 3. The minimum Gasteiger partial charge on any atom is -0.432 e. The number of aliphatic hydroxyl groups excluding tert-OH is 1. The summed E-state index contributed by atoms with van der Waals surface area (Å²) in [6.45, 7) is 7.85. The summed E-state index contributed by atoms with van der Waals surface area (Å²) >= 11 is 0. The number of aromatic nitrogens is 3. The van der Waals surface area contributed by atoms with Crippen LogP contribution in [0.3, 0.4) is 0 Å². The number of carbonyl (C=O) groups is 3. The standard InChI is InChI=1S/C47H60N6O6Si/c1-33-45(60(2,3)58)42(25-28-50-31-40(48-49-50)38(32-54)35-15-9-8-10-16-35)59-47(33)39-29-37(52-27-14-7-5-12-18-44(52)56)23-24-41(39)53(46(47)57)30-34-19-21-36(22-20-34)51-26-13-6-4-11-17-43(51)55/h8-10,15-16,19-24,29,31,33,38,42,45,54,58H,4-7,11-14,17-18,25-28,30,32H2,1-3H3/t33-,38?,42+,45-,47+/m0/s1. The van der Waals surface area contributed by atoms with E-state index < -0.39 is 20.0 Å². The molecule has 8 rings (SSSR count). The molecule has 0 aliphatic carbocycles. The first kappa shape index (κ1) is 42.0. The van der Waals surface area contributed by atoms with Crippen LogP contribution in [-0.4, -0.2) is 76.7 Å². The molecule has 2 N–H and O–H groups in total. The molecule has 3 fully saturated rings. The third-order valence-electron chi connectivity index (χ3n) is 13.5. The van der Waals surface area contributed by atoms with Crippen molar-refractivity contribution in [2.24, 2.45) is 5.92 Å². The normalized spacial score (nSPS) is 24.6. The van der Waals surface area contributed by atoms with Crippen molar-refractivity contribution >= 4 is 43.1 Å². The molecule has 0 saturated carbocycles. The van der Waals surface area contributed by atoms with Gasteiger partial charge in [0.15, 0.2) is 13.9 Å². The van der Waals surface area contributed by atoms with Crippen LogP contribution in [0.1, 0.15) is 106 Å². The lowest BCUT2D eigenvalue weighted by atomic mass is 9.82. The van der Waals surface area contributed by atoms with Crippen molar-refractivity contribution in [3.05, 3.63) is 101 Å². The van der Waals surface area contributed by atoms with Crippen LogP contribution in [0.25, 0.3) is 0 Å². The van der Waals surface area contributed by atoms with Crippen LogP contribution >= 0.6 is 0 Å². The summed E-state index contributed by atoms with van der Waals surface area (Å²) < 4.78 is 8.97. The zero-order chi connectivity index (χ0) is 42.0. The number of hydrogen-bond donors (Lipinski definition) is 2. The summed E-state index contributed by atoms with van der Waals surface area (Å²) in [5.74, 6) is -0.626. The molecule has 13 heteroatoms. The van der Waals surface area contributed by atoms with Crippen molar-refractivity contribution in [2.75, 3.05) is 34.4 Å². The minimum absolute atomic E-state index is 0.0893. The van der Waals surface area contributed by atoms with Crippen LogP contribution in [0.5, 0.6) is 0 Å². The SMILES string of the molecule is C[C@H]1[C@H]([Si](C)(C)O)[C@@H](CCn2cc(C(CO)c3ccccc3)nn2)O[C@]12C(=O)N(Cc1ccc(N3CCCCCCC3=O)cc1)c1ccc(N3CCCCCCC3=O)cc12. The summed E-state index contributed by atoms with van der Waals surface area (Å²) in [5, 5.41) is 19.1. The van der Waals surface area contributed by atoms with Gasteiger partial charge in [-0.15, -0.1) is 5.10 Å². The lowest BCUT2D eigenvalue weighted by Gasteiger charge is -2.33. The van der Waals surface area contributed by atoms with E-state index in [1.807, 2.05) is 114 Å². The molecule has 5 atom stereocenters. The molecule has 5 heterocycles. The van der Waals surface area contributed by atoms with E-state index in [-0.39, 0.29) is 41.7 Å². The van der Waals surface area contributed by atoms with Crippen LogP contribution in [0.4, 0.5) is 17.1 Å². The van der Waals surface area contributed by atoms with Gasteiger partial charge in [0.1, 0.15) is 0 Å². The molecule has 60 heavy (non-hydrogen) atoms. The zero-order valence-electron chi connectivity index (χ0n) is 35.3. The molecule has 4 aliphatic heterocycles. The molecule has 12 nitrogen and oxygen atoms in total. The first-order valence-corrected chi connectivity index (χ1v) is 25.1. The Morgan fingerprint density at radius 2 is 1.47 bits per heavy atom. The predicted octanol–water partition coefficient (Wildman–Crippen LogP) is 7.43. The van der Waals surface area contributed by atoms with Gasteiger partial charge in [-0.2, -0.15) is 0 Å². The second kappa shape index (κ2) is 17.7. The van der Waals surface area contributed by atoms with Crippen LogP contribution in [0, 0.1) is 5.92 Å². The van der Waals surface area contributed by atoms with Crippen molar-refractivity contribution in [3.63, 3.8) is 0 Å². The number of fused-ring (bicyclic) bond motifs is 2. The third kappa shape index (κ3) is 8.21. The number of rotatable bonds is 11. The van der Waals surface area contributed by atoms with Gasteiger partial charge in [0.2, 0.25) is 11.8 Å². The quantitative estimate of drug-likeness (QED) is 0.149. The average molecular weight is 833 g/mol. The fraction of sp³-hybridized carbons (Fsp3) is 0.511. The molecule has 3 amide bonds. The topological polar surface area (TPSA) is 141 Å². The number of ether oxygens (including phenoxy) is 1. The van der Waals surface area contributed by atoms with E-state index in [0.29, 0.717) is 51.1 Å². The molecular formula is C47H60N6O6Si. The molecule has 1 spiro atoms. The zero-order valence-corrected chi connectivity index (χ0v) is 36.3. The van der Waals surface area contributed by atoms with Crippen molar-refractivity contribution in [1.29, 1.82) is 0 Å². The lowest BCUT2D eigenvalue weighted by Crippen LogP contribution is -2.46. The van der Waals surface area contributed by atoms with E-state index >= 15 is 4.79 Å². The Labute approximate surface area is 354 Å². The summed E-state index contributed by atoms with van der Waals surface area (Å²) in [7, 11) is -2.97. The van der Waals surface area contributed by atoms with Crippen LogP contribution in [0.15, 0.2) is 79.0 Å². The monoisotopic (exact) mass is 832 g/mol. The molecule has 1 unspecified atom stereocenters. The first-order valence-electron chi connectivity index (χ1n) is 22.1. The summed E-state index contributed by atoms with van der Waals surface area (Å²) in [6.07, 6.45) is 10.9.